The highest BCUT2D eigenvalue weighted by Gasteiger charge is 1.97. The fourth-order valence-electron chi connectivity index (χ4n) is 1.08. The quantitative estimate of drug-likeness (QED) is 0.488. The second-order valence-corrected chi connectivity index (χ2v) is 4.78. The van der Waals surface area contributed by atoms with Crippen LogP contribution in [0, 0.1) is 0 Å². The van der Waals surface area contributed by atoms with Gasteiger partial charge in [-0.2, -0.15) is 0 Å². The molecule has 0 saturated heterocycles. The van der Waals surface area contributed by atoms with Crippen LogP contribution in [-0.4, -0.2) is 17.9 Å². The van der Waals surface area contributed by atoms with Crippen LogP contribution in [0.2, 0.25) is 0 Å². The van der Waals surface area contributed by atoms with Crippen LogP contribution < -0.4 is 10.6 Å². The molecule has 2 N–H and O–H groups in total. The third-order valence-electron chi connectivity index (χ3n) is 1.90. The third-order valence-corrected chi connectivity index (χ3v) is 2.89. The van der Waals surface area contributed by atoms with Crippen molar-refractivity contribution < 1.29 is 0 Å². The van der Waals surface area contributed by atoms with Crippen LogP contribution in [0.4, 0.5) is 5.69 Å². The smallest absolute Gasteiger partial charge is 0.171 e. The molecule has 0 atom stereocenters. The lowest BCUT2D eigenvalue weighted by atomic mass is 10.3. The lowest BCUT2D eigenvalue weighted by Gasteiger charge is -2.10. The summed E-state index contributed by atoms with van der Waals surface area (Å²) in [5.41, 5.74) is 2.05. The molecule has 0 amide bonds. The Kier molecular flexibility index (Phi) is 5.35. The van der Waals surface area contributed by atoms with Crippen molar-refractivity contribution in [3.63, 3.8) is 0 Å². The molecule has 0 aliphatic heterocycles. The Bertz CT molecular complexity index is 371. The summed E-state index contributed by atoms with van der Waals surface area (Å²) in [5.74, 6) is 0. The SMILES string of the molecule is C=C(C)CNC(=S)Nc1ccc(SC)cc1. The summed E-state index contributed by atoms with van der Waals surface area (Å²) in [4.78, 5) is 1.24. The van der Waals surface area contributed by atoms with Crippen LogP contribution in [0.15, 0.2) is 41.3 Å². The minimum Gasteiger partial charge on any atom is -0.359 e. The standard InChI is InChI=1S/C12H16N2S2/c1-9(2)8-13-12(15)14-10-4-6-11(16-3)7-5-10/h4-7H,1,8H2,2-3H3,(H2,13,14,15). The van der Waals surface area contributed by atoms with Gasteiger partial charge in [-0.15, -0.1) is 11.8 Å². The monoisotopic (exact) mass is 252 g/mol. The molecule has 0 unspecified atom stereocenters. The maximum Gasteiger partial charge on any atom is 0.171 e. The third kappa shape index (κ3) is 4.68. The summed E-state index contributed by atoms with van der Waals surface area (Å²) in [6.45, 7) is 6.47. The zero-order chi connectivity index (χ0) is 12.0. The number of thiocarbonyl (C=S) groups is 1. The molecule has 0 heterocycles. The predicted molar refractivity (Wildman–Crippen MR) is 77.3 cm³/mol. The molecule has 86 valence electrons. The van der Waals surface area contributed by atoms with Gasteiger partial charge < -0.3 is 10.6 Å². The Morgan fingerprint density at radius 1 is 1.38 bits per heavy atom. The van der Waals surface area contributed by atoms with E-state index in [9.17, 15) is 0 Å². The van der Waals surface area contributed by atoms with E-state index in [2.05, 4.69) is 35.6 Å². The number of rotatable bonds is 4. The van der Waals surface area contributed by atoms with Gasteiger partial charge in [0, 0.05) is 17.1 Å². The van der Waals surface area contributed by atoms with E-state index < -0.39 is 0 Å². The largest absolute Gasteiger partial charge is 0.359 e. The molecule has 16 heavy (non-hydrogen) atoms. The first-order valence-corrected chi connectivity index (χ1v) is 6.58. The van der Waals surface area contributed by atoms with Crippen molar-refractivity contribution in [2.45, 2.75) is 11.8 Å². The molecule has 1 aromatic rings. The molecule has 1 aromatic carbocycles. The van der Waals surface area contributed by atoms with Crippen molar-refractivity contribution in [2.75, 3.05) is 18.1 Å². The molecule has 0 aliphatic rings. The van der Waals surface area contributed by atoms with Gasteiger partial charge in [0.1, 0.15) is 0 Å². The highest BCUT2D eigenvalue weighted by atomic mass is 32.2. The van der Waals surface area contributed by atoms with Crippen LogP contribution >= 0.6 is 24.0 Å². The van der Waals surface area contributed by atoms with Gasteiger partial charge in [0.25, 0.3) is 0 Å². The van der Waals surface area contributed by atoms with Crippen molar-refractivity contribution in [1.82, 2.24) is 5.32 Å². The van der Waals surface area contributed by atoms with Gasteiger partial charge in [0.2, 0.25) is 0 Å². The fourth-order valence-corrected chi connectivity index (χ4v) is 1.68. The van der Waals surface area contributed by atoms with E-state index >= 15 is 0 Å². The van der Waals surface area contributed by atoms with Crippen LogP contribution in [0.1, 0.15) is 6.92 Å². The maximum atomic E-state index is 5.15. The number of nitrogens with one attached hydrogen (secondary N) is 2. The molecule has 0 fully saturated rings. The summed E-state index contributed by atoms with van der Waals surface area (Å²) in [6, 6.07) is 8.16. The Hall–Kier alpha value is -1.00. The Morgan fingerprint density at radius 2 is 2.00 bits per heavy atom. The summed E-state index contributed by atoms with van der Waals surface area (Å²) >= 11 is 6.87. The molecule has 4 heteroatoms. The van der Waals surface area contributed by atoms with Gasteiger partial charge in [-0.1, -0.05) is 12.2 Å². The summed E-state index contributed by atoms with van der Waals surface area (Å²) in [7, 11) is 0. The van der Waals surface area contributed by atoms with E-state index in [1.165, 1.54) is 4.90 Å². The number of benzene rings is 1. The summed E-state index contributed by atoms with van der Waals surface area (Å²) in [5, 5.41) is 6.82. The molecule has 0 spiro atoms. The highest BCUT2D eigenvalue weighted by Crippen LogP contribution is 2.17. The van der Waals surface area contributed by atoms with Gasteiger partial charge in [0.05, 0.1) is 0 Å². The molecule has 1 rings (SSSR count). The van der Waals surface area contributed by atoms with Crippen LogP contribution in [0.25, 0.3) is 0 Å². The Labute approximate surface area is 107 Å². The first kappa shape index (κ1) is 13.1. The van der Waals surface area contributed by atoms with Crippen molar-refractivity contribution in [2.24, 2.45) is 0 Å². The fraction of sp³-hybridized carbons (Fsp3) is 0.250. The van der Waals surface area contributed by atoms with E-state index in [0.717, 1.165) is 11.3 Å². The zero-order valence-electron chi connectivity index (χ0n) is 9.54. The number of anilines is 1. The minimum atomic E-state index is 0.625. The molecular formula is C12H16N2S2. The lowest BCUT2D eigenvalue weighted by Crippen LogP contribution is -2.29. The van der Waals surface area contributed by atoms with E-state index in [1.807, 2.05) is 19.1 Å². The number of hydrogen-bond acceptors (Lipinski definition) is 2. The van der Waals surface area contributed by atoms with Crippen molar-refractivity contribution in [1.29, 1.82) is 0 Å². The van der Waals surface area contributed by atoms with E-state index in [0.29, 0.717) is 11.7 Å². The van der Waals surface area contributed by atoms with Crippen LogP contribution in [0.5, 0.6) is 0 Å². The molecule has 0 radical (unpaired) electrons. The topological polar surface area (TPSA) is 24.1 Å². The Balaban J connectivity index is 2.46. The maximum absolute atomic E-state index is 5.15. The average Bonchev–Trinajstić information content (AvgIpc) is 2.27. The van der Waals surface area contributed by atoms with E-state index in [1.54, 1.807) is 11.8 Å². The highest BCUT2D eigenvalue weighted by molar-refractivity contribution is 7.98. The van der Waals surface area contributed by atoms with Gasteiger partial charge >= 0.3 is 0 Å². The van der Waals surface area contributed by atoms with Crippen molar-refractivity contribution in [3.05, 3.63) is 36.4 Å². The van der Waals surface area contributed by atoms with Gasteiger partial charge in [-0.3, -0.25) is 0 Å². The molecule has 0 aromatic heterocycles. The zero-order valence-corrected chi connectivity index (χ0v) is 11.2. The first-order valence-electron chi connectivity index (χ1n) is 4.95. The summed E-state index contributed by atoms with van der Waals surface area (Å²) < 4.78 is 0. The second-order valence-electron chi connectivity index (χ2n) is 3.49. The number of hydrogen-bond donors (Lipinski definition) is 2. The minimum absolute atomic E-state index is 0.625. The van der Waals surface area contributed by atoms with Crippen LogP contribution in [-0.2, 0) is 0 Å². The summed E-state index contributed by atoms with van der Waals surface area (Å²) in [6.07, 6.45) is 2.06. The molecule has 0 saturated carbocycles. The average molecular weight is 252 g/mol. The van der Waals surface area contributed by atoms with Gasteiger partial charge in [-0.25, -0.2) is 0 Å². The van der Waals surface area contributed by atoms with Gasteiger partial charge in [-0.05, 0) is 49.7 Å². The van der Waals surface area contributed by atoms with E-state index in [4.69, 9.17) is 12.2 Å². The second kappa shape index (κ2) is 6.55. The first-order chi connectivity index (χ1) is 7.61. The normalized spacial score (nSPS) is 9.62. The molecule has 0 bridgehead atoms. The molecule has 2 nitrogen and oxygen atoms in total. The predicted octanol–water partition coefficient (Wildman–Crippen LogP) is 3.27. The van der Waals surface area contributed by atoms with E-state index in [-0.39, 0.29) is 0 Å². The molecular weight excluding hydrogens is 236 g/mol. The van der Waals surface area contributed by atoms with Crippen LogP contribution in [0.3, 0.4) is 0 Å². The van der Waals surface area contributed by atoms with Crippen molar-refractivity contribution >= 4 is 34.8 Å². The van der Waals surface area contributed by atoms with Gasteiger partial charge in [0.15, 0.2) is 5.11 Å². The van der Waals surface area contributed by atoms with Crippen molar-refractivity contribution in [3.8, 4) is 0 Å². The lowest BCUT2D eigenvalue weighted by molar-refractivity contribution is 1.000. The number of thioether (sulfide) groups is 1. The Morgan fingerprint density at radius 3 is 2.50 bits per heavy atom. The molecule has 0 aliphatic carbocycles.